The number of anilines is 1. The average molecular weight is 259 g/mol. The number of fused-ring (bicyclic) bond motifs is 1. The Labute approximate surface area is 108 Å². The van der Waals surface area contributed by atoms with E-state index in [1.54, 1.807) is 30.5 Å². The molecule has 0 aliphatic carbocycles. The van der Waals surface area contributed by atoms with E-state index in [2.05, 4.69) is 4.98 Å². The Bertz CT molecular complexity index is 655. The molecule has 0 N–H and O–H groups in total. The van der Waals surface area contributed by atoms with E-state index < -0.39 is 0 Å². The van der Waals surface area contributed by atoms with Gasteiger partial charge < -0.3 is 0 Å². The van der Waals surface area contributed by atoms with Crippen LogP contribution in [-0.2, 0) is 0 Å². The second-order valence-electron chi connectivity index (χ2n) is 3.85. The number of hydrogen-bond acceptors (Lipinski definition) is 3. The Morgan fingerprint density at radius 3 is 2.56 bits per heavy atom. The highest BCUT2D eigenvalue weighted by Crippen LogP contribution is 2.29. The minimum Gasteiger partial charge on any atom is -0.268 e. The van der Waals surface area contributed by atoms with Crippen molar-refractivity contribution in [2.24, 2.45) is 0 Å². The Kier molecular flexibility index (Phi) is 2.38. The molecule has 0 spiro atoms. The lowest BCUT2D eigenvalue weighted by Crippen LogP contribution is -2.29. The first-order valence-electron chi connectivity index (χ1n) is 5.27. The van der Waals surface area contributed by atoms with Crippen LogP contribution in [0.2, 0.25) is 5.02 Å². The first-order chi connectivity index (χ1) is 8.68. The average Bonchev–Trinajstić information content (AvgIpc) is 2.63. The first-order valence-corrected chi connectivity index (χ1v) is 5.64. The summed E-state index contributed by atoms with van der Waals surface area (Å²) in [6.45, 7) is 0. The van der Waals surface area contributed by atoms with E-state index in [1.165, 1.54) is 12.3 Å². The molecule has 1 aromatic carbocycles. The molecule has 18 heavy (non-hydrogen) atoms. The van der Waals surface area contributed by atoms with Gasteiger partial charge in [0.15, 0.2) is 0 Å². The van der Waals surface area contributed by atoms with Crippen LogP contribution in [0.25, 0.3) is 0 Å². The van der Waals surface area contributed by atoms with Crippen molar-refractivity contribution in [1.29, 1.82) is 0 Å². The van der Waals surface area contributed by atoms with Gasteiger partial charge in [-0.1, -0.05) is 11.6 Å². The SMILES string of the molecule is O=C1c2ccc(Cl)cc2C(=O)N1c1cccnc1. The molecule has 1 aliphatic rings. The minimum absolute atomic E-state index is 0.330. The summed E-state index contributed by atoms with van der Waals surface area (Å²) in [5.41, 5.74) is 1.16. The highest BCUT2D eigenvalue weighted by molar-refractivity contribution is 6.36. The summed E-state index contributed by atoms with van der Waals surface area (Å²) in [5, 5.41) is 0.433. The van der Waals surface area contributed by atoms with E-state index in [0.717, 1.165) is 4.90 Å². The van der Waals surface area contributed by atoms with Gasteiger partial charge in [-0.2, -0.15) is 0 Å². The smallest absolute Gasteiger partial charge is 0.266 e. The summed E-state index contributed by atoms with van der Waals surface area (Å²) >= 11 is 5.84. The maximum atomic E-state index is 12.2. The molecular formula is C13H7ClN2O2. The lowest BCUT2D eigenvalue weighted by atomic mass is 10.1. The van der Waals surface area contributed by atoms with Crippen LogP contribution in [0.4, 0.5) is 5.69 Å². The molecule has 4 nitrogen and oxygen atoms in total. The van der Waals surface area contributed by atoms with Crippen LogP contribution in [0, 0.1) is 0 Å². The highest BCUT2D eigenvalue weighted by atomic mass is 35.5. The summed E-state index contributed by atoms with van der Waals surface area (Å²) < 4.78 is 0. The van der Waals surface area contributed by atoms with Gasteiger partial charge in [0, 0.05) is 11.2 Å². The zero-order valence-corrected chi connectivity index (χ0v) is 9.89. The number of halogens is 1. The zero-order valence-electron chi connectivity index (χ0n) is 9.13. The summed E-state index contributed by atoms with van der Waals surface area (Å²) in [6, 6.07) is 8.00. The van der Waals surface area contributed by atoms with Crippen LogP contribution in [-0.4, -0.2) is 16.8 Å². The quantitative estimate of drug-likeness (QED) is 0.739. The number of benzene rings is 1. The van der Waals surface area contributed by atoms with Crippen LogP contribution < -0.4 is 4.90 Å². The molecule has 3 rings (SSSR count). The third kappa shape index (κ3) is 1.50. The first kappa shape index (κ1) is 10.9. The van der Waals surface area contributed by atoms with Crippen molar-refractivity contribution in [2.75, 3.05) is 4.90 Å². The van der Waals surface area contributed by atoms with Crippen molar-refractivity contribution in [3.05, 3.63) is 58.9 Å². The number of carbonyl (C=O) groups excluding carboxylic acids is 2. The van der Waals surface area contributed by atoms with Gasteiger partial charge in [-0.15, -0.1) is 0 Å². The fourth-order valence-electron chi connectivity index (χ4n) is 1.93. The Morgan fingerprint density at radius 2 is 1.83 bits per heavy atom. The van der Waals surface area contributed by atoms with Crippen LogP contribution in [0.15, 0.2) is 42.7 Å². The molecule has 0 radical (unpaired) electrons. The number of aromatic nitrogens is 1. The molecule has 0 atom stereocenters. The molecule has 0 saturated carbocycles. The van der Waals surface area contributed by atoms with E-state index in [1.807, 2.05) is 0 Å². The summed E-state index contributed by atoms with van der Waals surface area (Å²) in [7, 11) is 0. The van der Waals surface area contributed by atoms with Crippen LogP contribution >= 0.6 is 11.6 Å². The van der Waals surface area contributed by atoms with E-state index in [4.69, 9.17) is 11.6 Å². The Hall–Kier alpha value is -2.20. The zero-order chi connectivity index (χ0) is 12.7. The monoisotopic (exact) mass is 258 g/mol. The fraction of sp³-hybridized carbons (Fsp3) is 0. The molecular weight excluding hydrogens is 252 g/mol. The largest absolute Gasteiger partial charge is 0.268 e. The third-order valence-electron chi connectivity index (χ3n) is 2.75. The van der Waals surface area contributed by atoms with Gasteiger partial charge in [-0.3, -0.25) is 14.6 Å². The minimum atomic E-state index is -0.370. The van der Waals surface area contributed by atoms with Gasteiger partial charge in [0.1, 0.15) is 0 Å². The number of rotatable bonds is 1. The van der Waals surface area contributed by atoms with Gasteiger partial charge in [0.2, 0.25) is 0 Å². The standard InChI is InChI=1S/C13H7ClN2O2/c14-8-3-4-10-11(6-8)13(18)16(12(10)17)9-2-1-5-15-7-9/h1-7H. The highest BCUT2D eigenvalue weighted by Gasteiger charge is 2.36. The van der Waals surface area contributed by atoms with E-state index >= 15 is 0 Å². The van der Waals surface area contributed by atoms with Gasteiger partial charge in [0.25, 0.3) is 11.8 Å². The third-order valence-corrected chi connectivity index (χ3v) is 2.99. The molecule has 0 fully saturated rings. The molecule has 0 bridgehead atoms. The molecule has 2 heterocycles. The van der Waals surface area contributed by atoms with Gasteiger partial charge in [-0.05, 0) is 30.3 Å². The molecule has 88 valence electrons. The lowest BCUT2D eigenvalue weighted by molar-refractivity contribution is 0.0926. The van der Waals surface area contributed by atoms with Gasteiger partial charge >= 0.3 is 0 Å². The molecule has 0 saturated heterocycles. The predicted octanol–water partition coefficient (Wildman–Crippen LogP) is 2.54. The van der Waals surface area contributed by atoms with Crippen LogP contribution in [0.5, 0.6) is 0 Å². The van der Waals surface area contributed by atoms with Gasteiger partial charge in [-0.25, -0.2) is 4.90 Å². The molecule has 1 aliphatic heterocycles. The maximum Gasteiger partial charge on any atom is 0.266 e. The number of nitrogens with zero attached hydrogens (tertiary/aromatic N) is 2. The maximum absolute atomic E-state index is 12.2. The molecule has 2 amide bonds. The van der Waals surface area contributed by atoms with Crippen LogP contribution in [0.3, 0.4) is 0 Å². The Morgan fingerprint density at radius 1 is 1.06 bits per heavy atom. The van der Waals surface area contributed by atoms with E-state index in [0.29, 0.717) is 21.8 Å². The number of carbonyl (C=O) groups is 2. The second kappa shape index (κ2) is 3.92. The number of hydrogen-bond donors (Lipinski definition) is 0. The number of amides is 2. The van der Waals surface area contributed by atoms with Crippen molar-refractivity contribution in [3.8, 4) is 0 Å². The second-order valence-corrected chi connectivity index (χ2v) is 4.28. The lowest BCUT2D eigenvalue weighted by Gasteiger charge is -2.12. The van der Waals surface area contributed by atoms with Crippen molar-refractivity contribution in [3.63, 3.8) is 0 Å². The Balaban J connectivity index is 2.13. The van der Waals surface area contributed by atoms with Crippen LogP contribution in [0.1, 0.15) is 20.7 Å². The van der Waals surface area contributed by atoms with Gasteiger partial charge in [0.05, 0.1) is 23.0 Å². The van der Waals surface area contributed by atoms with E-state index in [9.17, 15) is 9.59 Å². The number of pyridine rings is 1. The van der Waals surface area contributed by atoms with Crippen molar-refractivity contribution >= 4 is 29.1 Å². The summed E-state index contributed by atoms with van der Waals surface area (Å²) in [5.74, 6) is -0.717. The molecule has 2 aromatic rings. The summed E-state index contributed by atoms with van der Waals surface area (Å²) in [6.07, 6.45) is 3.06. The fourth-order valence-corrected chi connectivity index (χ4v) is 2.11. The predicted molar refractivity (Wildman–Crippen MR) is 66.8 cm³/mol. The normalized spacial score (nSPS) is 13.9. The molecule has 0 unspecified atom stereocenters. The van der Waals surface area contributed by atoms with Crippen molar-refractivity contribution in [2.45, 2.75) is 0 Å². The van der Waals surface area contributed by atoms with Crippen molar-refractivity contribution < 1.29 is 9.59 Å². The topological polar surface area (TPSA) is 50.3 Å². The van der Waals surface area contributed by atoms with E-state index in [-0.39, 0.29) is 11.8 Å². The number of imide groups is 1. The molecule has 5 heteroatoms. The molecule has 1 aromatic heterocycles. The van der Waals surface area contributed by atoms with Crippen molar-refractivity contribution in [1.82, 2.24) is 4.98 Å². The summed E-state index contributed by atoms with van der Waals surface area (Å²) in [4.78, 5) is 29.3.